The third-order valence-corrected chi connectivity index (χ3v) is 3.63. The molecule has 0 radical (unpaired) electrons. The highest BCUT2D eigenvalue weighted by Gasteiger charge is 2.15. The lowest BCUT2D eigenvalue weighted by atomic mass is 10.2. The lowest BCUT2D eigenvalue weighted by Gasteiger charge is -2.11. The predicted molar refractivity (Wildman–Crippen MR) is 87.5 cm³/mol. The van der Waals surface area contributed by atoms with Gasteiger partial charge < -0.3 is 20.1 Å². The Morgan fingerprint density at radius 3 is 2.74 bits per heavy atom. The molecule has 0 saturated carbocycles. The second-order valence-electron chi connectivity index (χ2n) is 5.41. The standard InChI is InChI=1S/C17H24N2O4/c1-2-22-17(21)13-5-7-14(8-6-13)18-10-9-16(20)19-12-15-4-3-11-23-15/h5-8,15,18H,2-4,9-12H2,1H3,(H,19,20). The molecule has 1 aliphatic rings. The molecule has 1 fully saturated rings. The predicted octanol–water partition coefficient (Wildman–Crippen LogP) is 1.96. The van der Waals surface area contributed by atoms with Gasteiger partial charge in [0.15, 0.2) is 0 Å². The summed E-state index contributed by atoms with van der Waals surface area (Å²) in [5.41, 5.74) is 1.39. The minimum atomic E-state index is -0.326. The molecule has 2 N–H and O–H groups in total. The topological polar surface area (TPSA) is 76.7 Å². The van der Waals surface area contributed by atoms with Crippen LogP contribution in [0.15, 0.2) is 24.3 Å². The van der Waals surface area contributed by atoms with Crippen molar-refractivity contribution in [3.8, 4) is 0 Å². The molecular formula is C17H24N2O4. The zero-order valence-corrected chi connectivity index (χ0v) is 13.5. The van der Waals surface area contributed by atoms with E-state index in [1.54, 1.807) is 31.2 Å². The third-order valence-electron chi connectivity index (χ3n) is 3.63. The van der Waals surface area contributed by atoms with E-state index in [0.29, 0.717) is 31.7 Å². The Hall–Kier alpha value is -2.08. The number of ether oxygens (including phenoxy) is 2. The fourth-order valence-corrected chi connectivity index (χ4v) is 2.38. The molecule has 1 atom stereocenters. The van der Waals surface area contributed by atoms with Crippen LogP contribution in [0.25, 0.3) is 0 Å². The van der Waals surface area contributed by atoms with Gasteiger partial charge in [-0.15, -0.1) is 0 Å². The number of benzene rings is 1. The van der Waals surface area contributed by atoms with Crippen LogP contribution < -0.4 is 10.6 Å². The largest absolute Gasteiger partial charge is 0.462 e. The molecule has 0 bridgehead atoms. The lowest BCUT2D eigenvalue weighted by Crippen LogP contribution is -2.32. The van der Waals surface area contributed by atoms with Gasteiger partial charge in [-0.3, -0.25) is 4.79 Å². The zero-order valence-electron chi connectivity index (χ0n) is 13.5. The highest BCUT2D eigenvalue weighted by Crippen LogP contribution is 2.11. The maximum absolute atomic E-state index is 11.7. The van der Waals surface area contributed by atoms with E-state index in [4.69, 9.17) is 9.47 Å². The van der Waals surface area contributed by atoms with Crippen LogP contribution in [-0.2, 0) is 14.3 Å². The van der Waals surface area contributed by atoms with Gasteiger partial charge in [-0.25, -0.2) is 4.79 Å². The van der Waals surface area contributed by atoms with Crippen molar-refractivity contribution in [3.63, 3.8) is 0 Å². The molecule has 2 rings (SSSR count). The maximum atomic E-state index is 11.7. The number of hydrogen-bond donors (Lipinski definition) is 2. The molecule has 0 aliphatic carbocycles. The van der Waals surface area contributed by atoms with Crippen LogP contribution in [0, 0.1) is 0 Å². The molecule has 0 spiro atoms. The zero-order chi connectivity index (χ0) is 16.5. The number of carbonyl (C=O) groups excluding carboxylic acids is 2. The second kappa shape index (κ2) is 9.15. The number of nitrogens with one attached hydrogen (secondary N) is 2. The first-order valence-electron chi connectivity index (χ1n) is 8.08. The number of esters is 1. The van der Waals surface area contributed by atoms with Gasteiger partial charge in [0.25, 0.3) is 0 Å². The van der Waals surface area contributed by atoms with Crippen molar-refractivity contribution < 1.29 is 19.1 Å². The van der Waals surface area contributed by atoms with Gasteiger partial charge >= 0.3 is 5.97 Å². The summed E-state index contributed by atoms with van der Waals surface area (Å²) in [7, 11) is 0. The van der Waals surface area contributed by atoms with Gasteiger partial charge in [-0.2, -0.15) is 0 Å². The lowest BCUT2D eigenvalue weighted by molar-refractivity contribution is -0.121. The van der Waals surface area contributed by atoms with E-state index in [9.17, 15) is 9.59 Å². The average Bonchev–Trinajstić information content (AvgIpc) is 3.07. The van der Waals surface area contributed by atoms with E-state index in [1.165, 1.54) is 0 Å². The van der Waals surface area contributed by atoms with Crippen LogP contribution in [0.4, 0.5) is 5.69 Å². The van der Waals surface area contributed by atoms with Gasteiger partial charge in [0.2, 0.25) is 5.91 Å². The maximum Gasteiger partial charge on any atom is 0.338 e. The number of carbonyl (C=O) groups is 2. The van der Waals surface area contributed by atoms with Crippen molar-refractivity contribution >= 4 is 17.6 Å². The minimum Gasteiger partial charge on any atom is -0.462 e. The van der Waals surface area contributed by atoms with Crippen molar-refractivity contribution in [2.45, 2.75) is 32.3 Å². The summed E-state index contributed by atoms with van der Waals surface area (Å²) in [6, 6.07) is 7.02. The van der Waals surface area contributed by atoms with Crippen molar-refractivity contribution in [1.29, 1.82) is 0 Å². The van der Waals surface area contributed by atoms with Crippen molar-refractivity contribution in [3.05, 3.63) is 29.8 Å². The first kappa shape index (κ1) is 17.3. The monoisotopic (exact) mass is 320 g/mol. The van der Waals surface area contributed by atoms with Crippen LogP contribution in [0.3, 0.4) is 0 Å². The van der Waals surface area contributed by atoms with Crippen molar-refractivity contribution in [1.82, 2.24) is 5.32 Å². The smallest absolute Gasteiger partial charge is 0.338 e. The van der Waals surface area contributed by atoms with Crippen LogP contribution >= 0.6 is 0 Å². The van der Waals surface area contributed by atoms with E-state index in [0.717, 1.165) is 25.1 Å². The third kappa shape index (κ3) is 5.90. The quantitative estimate of drug-likeness (QED) is 0.716. The molecule has 1 amide bonds. The molecule has 6 nitrogen and oxygen atoms in total. The van der Waals surface area contributed by atoms with Crippen LogP contribution in [-0.4, -0.2) is 44.3 Å². The summed E-state index contributed by atoms with van der Waals surface area (Å²) in [6.07, 6.45) is 2.66. The number of rotatable bonds is 8. The van der Waals surface area contributed by atoms with E-state index >= 15 is 0 Å². The first-order valence-corrected chi connectivity index (χ1v) is 8.08. The van der Waals surface area contributed by atoms with Gasteiger partial charge in [0.05, 0.1) is 18.3 Å². The summed E-state index contributed by atoms with van der Waals surface area (Å²) in [6.45, 7) is 4.06. The van der Waals surface area contributed by atoms with E-state index in [-0.39, 0.29) is 18.0 Å². The molecule has 1 aromatic carbocycles. The Kier molecular flexibility index (Phi) is 6.87. The molecule has 1 saturated heterocycles. The highest BCUT2D eigenvalue weighted by molar-refractivity contribution is 5.89. The van der Waals surface area contributed by atoms with Crippen LogP contribution in [0.1, 0.15) is 36.5 Å². The van der Waals surface area contributed by atoms with E-state index in [1.807, 2.05) is 0 Å². The molecule has 1 aliphatic heterocycles. The summed E-state index contributed by atoms with van der Waals surface area (Å²) < 4.78 is 10.4. The van der Waals surface area contributed by atoms with E-state index < -0.39 is 0 Å². The Balaban J connectivity index is 1.65. The Morgan fingerprint density at radius 1 is 1.30 bits per heavy atom. The van der Waals surface area contributed by atoms with Crippen LogP contribution in [0.2, 0.25) is 0 Å². The molecule has 6 heteroatoms. The van der Waals surface area contributed by atoms with Gasteiger partial charge in [-0.1, -0.05) is 0 Å². The summed E-state index contributed by atoms with van der Waals surface area (Å²) in [5, 5.41) is 6.04. The number of hydrogen-bond acceptors (Lipinski definition) is 5. The average molecular weight is 320 g/mol. The Morgan fingerprint density at radius 2 is 2.09 bits per heavy atom. The highest BCUT2D eigenvalue weighted by atomic mass is 16.5. The SMILES string of the molecule is CCOC(=O)c1ccc(NCCC(=O)NCC2CCCO2)cc1. The molecule has 0 aromatic heterocycles. The van der Waals surface area contributed by atoms with E-state index in [2.05, 4.69) is 10.6 Å². The Labute approximate surface area is 136 Å². The summed E-state index contributed by atoms with van der Waals surface area (Å²) in [4.78, 5) is 23.3. The normalized spacial score (nSPS) is 16.8. The molecular weight excluding hydrogens is 296 g/mol. The molecule has 1 heterocycles. The fraction of sp³-hybridized carbons (Fsp3) is 0.529. The summed E-state index contributed by atoms with van der Waals surface area (Å²) in [5.74, 6) is -0.316. The Bertz CT molecular complexity index is 510. The van der Waals surface area contributed by atoms with Crippen molar-refractivity contribution in [2.75, 3.05) is 31.6 Å². The molecule has 126 valence electrons. The molecule has 23 heavy (non-hydrogen) atoms. The first-order chi connectivity index (χ1) is 11.2. The summed E-state index contributed by atoms with van der Waals surface area (Å²) >= 11 is 0. The van der Waals surface area contributed by atoms with Gasteiger partial charge in [0, 0.05) is 31.8 Å². The minimum absolute atomic E-state index is 0.0103. The van der Waals surface area contributed by atoms with Crippen molar-refractivity contribution in [2.24, 2.45) is 0 Å². The molecule has 1 unspecified atom stereocenters. The van der Waals surface area contributed by atoms with Gasteiger partial charge in [0.1, 0.15) is 0 Å². The number of anilines is 1. The number of amides is 1. The molecule has 1 aromatic rings. The van der Waals surface area contributed by atoms with Crippen LogP contribution in [0.5, 0.6) is 0 Å². The fourth-order valence-electron chi connectivity index (χ4n) is 2.38. The van der Waals surface area contributed by atoms with Gasteiger partial charge in [-0.05, 0) is 44.0 Å². The second-order valence-corrected chi connectivity index (χ2v) is 5.41.